The lowest BCUT2D eigenvalue weighted by Crippen LogP contribution is -2.46. The Morgan fingerprint density at radius 1 is 1.12 bits per heavy atom. The van der Waals surface area contributed by atoms with Gasteiger partial charge in [-0.1, -0.05) is 35.1 Å². The van der Waals surface area contributed by atoms with E-state index >= 15 is 0 Å². The van der Waals surface area contributed by atoms with Crippen LogP contribution in [-0.2, 0) is 19.6 Å². The Morgan fingerprint density at radius 2 is 1.85 bits per heavy atom. The van der Waals surface area contributed by atoms with Crippen molar-refractivity contribution >= 4 is 54.2 Å². The summed E-state index contributed by atoms with van der Waals surface area (Å²) >= 11 is 7.41. The Balaban J connectivity index is 1.32. The number of ether oxygens (including phenoxy) is 1. The van der Waals surface area contributed by atoms with Gasteiger partial charge < -0.3 is 4.74 Å². The molecule has 3 heterocycles. The van der Waals surface area contributed by atoms with Crippen LogP contribution in [0, 0.1) is 5.92 Å². The van der Waals surface area contributed by atoms with Crippen LogP contribution in [0.2, 0.25) is 5.02 Å². The summed E-state index contributed by atoms with van der Waals surface area (Å²) in [7, 11) is -3.62. The molecule has 10 heteroatoms. The van der Waals surface area contributed by atoms with Gasteiger partial charge in [0.15, 0.2) is 5.13 Å². The van der Waals surface area contributed by atoms with Crippen LogP contribution in [0.5, 0.6) is 0 Å². The lowest BCUT2D eigenvalue weighted by Gasteiger charge is -2.33. The summed E-state index contributed by atoms with van der Waals surface area (Å²) in [5.74, 6) is -0.261. The first-order valence-corrected chi connectivity index (χ1v) is 14.1. The maximum Gasteiger partial charge on any atom is 0.243 e. The number of hydrogen-bond donors (Lipinski definition) is 0. The summed E-state index contributed by atoms with van der Waals surface area (Å²) in [6.45, 7) is 1.79. The van der Waals surface area contributed by atoms with Gasteiger partial charge in [0, 0.05) is 30.6 Å². The van der Waals surface area contributed by atoms with Crippen molar-refractivity contribution in [2.24, 2.45) is 5.92 Å². The van der Waals surface area contributed by atoms with Crippen molar-refractivity contribution in [3.8, 4) is 0 Å². The second-order valence-electron chi connectivity index (χ2n) is 8.68. The third kappa shape index (κ3) is 4.85. The van der Waals surface area contributed by atoms with Gasteiger partial charge in [0.05, 0.1) is 27.8 Å². The molecule has 2 aliphatic heterocycles. The Kier molecular flexibility index (Phi) is 6.90. The Bertz CT molecular complexity index is 1230. The lowest BCUT2D eigenvalue weighted by molar-refractivity contribution is -0.123. The second kappa shape index (κ2) is 9.91. The minimum Gasteiger partial charge on any atom is -0.376 e. The fourth-order valence-electron chi connectivity index (χ4n) is 4.55. The predicted molar refractivity (Wildman–Crippen MR) is 134 cm³/mol. The number of benzene rings is 2. The Morgan fingerprint density at radius 3 is 2.53 bits per heavy atom. The molecule has 3 aromatic rings. The number of hydrogen-bond acceptors (Lipinski definition) is 6. The number of thiazole rings is 1. The summed E-state index contributed by atoms with van der Waals surface area (Å²) in [5.41, 5.74) is 0.872. The molecule has 2 fully saturated rings. The summed E-state index contributed by atoms with van der Waals surface area (Å²) in [4.78, 5) is 20.4. The van der Waals surface area contributed by atoms with Gasteiger partial charge in [0.25, 0.3) is 0 Å². The van der Waals surface area contributed by atoms with E-state index in [1.54, 1.807) is 17.0 Å². The lowest BCUT2D eigenvalue weighted by atomic mass is 9.96. The van der Waals surface area contributed by atoms with Gasteiger partial charge in [-0.3, -0.25) is 9.69 Å². The second-order valence-corrected chi connectivity index (χ2v) is 12.1. The molecule has 5 rings (SSSR count). The molecule has 34 heavy (non-hydrogen) atoms. The van der Waals surface area contributed by atoms with E-state index in [9.17, 15) is 13.2 Å². The summed E-state index contributed by atoms with van der Waals surface area (Å²) in [6.07, 6.45) is 2.86. The van der Waals surface area contributed by atoms with Crippen LogP contribution in [0.25, 0.3) is 10.2 Å². The van der Waals surface area contributed by atoms with Crippen LogP contribution in [0.15, 0.2) is 53.4 Å². The molecular formula is C24H26ClN3O4S2. The minimum atomic E-state index is -3.62. The van der Waals surface area contributed by atoms with E-state index in [0.29, 0.717) is 49.2 Å². The standard InChI is InChI=1S/C24H26ClN3O4S2/c25-18-7-9-20(10-8-18)34(30,31)27-13-11-17(12-14-27)23(29)28(16-19-4-3-15-32-19)24-26-21-5-1-2-6-22(21)33-24/h1-2,5-10,17,19H,3-4,11-16H2. The molecule has 0 radical (unpaired) electrons. The van der Waals surface area contributed by atoms with E-state index in [0.717, 1.165) is 23.1 Å². The average molecular weight is 520 g/mol. The minimum absolute atomic E-state index is 0.00123. The van der Waals surface area contributed by atoms with E-state index in [4.69, 9.17) is 21.3 Å². The van der Waals surface area contributed by atoms with Gasteiger partial charge in [-0.05, 0) is 62.1 Å². The summed E-state index contributed by atoms with van der Waals surface area (Å²) < 4.78 is 34.4. The smallest absolute Gasteiger partial charge is 0.243 e. The molecule has 1 atom stereocenters. The number of anilines is 1. The van der Waals surface area contributed by atoms with Crippen LogP contribution in [0.4, 0.5) is 5.13 Å². The molecule has 2 aliphatic rings. The number of carbonyl (C=O) groups is 1. The topological polar surface area (TPSA) is 79.8 Å². The molecule has 1 aromatic heterocycles. The molecule has 180 valence electrons. The highest BCUT2D eigenvalue weighted by Crippen LogP contribution is 2.33. The zero-order chi connectivity index (χ0) is 23.7. The van der Waals surface area contributed by atoms with Crippen molar-refractivity contribution in [3.63, 3.8) is 0 Å². The maximum absolute atomic E-state index is 13.7. The van der Waals surface area contributed by atoms with E-state index in [1.165, 1.54) is 27.8 Å². The van der Waals surface area contributed by atoms with Gasteiger partial charge in [-0.15, -0.1) is 0 Å². The predicted octanol–water partition coefficient (Wildman–Crippen LogP) is 4.56. The van der Waals surface area contributed by atoms with Crippen molar-refractivity contribution in [1.82, 2.24) is 9.29 Å². The first-order valence-electron chi connectivity index (χ1n) is 11.5. The molecule has 7 nitrogen and oxygen atoms in total. The number of amides is 1. The van der Waals surface area contributed by atoms with Crippen molar-refractivity contribution in [1.29, 1.82) is 0 Å². The van der Waals surface area contributed by atoms with Gasteiger partial charge >= 0.3 is 0 Å². The van der Waals surface area contributed by atoms with Gasteiger partial charge in [-0.2, -0.15) is 4.31 Å². The van der Waals surface area contributed by atoms with E-state index < -0.39 is 10.0 Å². The van der Waals surface area contributed by atoms with Crippen LogP contribution in [0.1, 0.15) is 25.7 Å². The normalized spacial score (nSPS) is 20.1. The fraction of sp³-hybridized carbons (Fsp3) is 0.417. The molecule has 1 amide bonds. The molecule has 1 unspecified atom stereocenters. The number of aromatic nitrogens is 1. The van der Waals surface area contributed by atoms with Crippen molar-refractivity contribution in [2.75, 3.05) is 31.1 Å². The first kappa shape index (κ1) is 23.7. The maximum atomic E-state index is 13.7. The Labute approximate surface area is 208 Å². The SMILES string of the molecule is O=C(C1CCN(S(=O)(=O)c2ccc(Cl)cc2)CC1)N(CC1CCCO1)c1nc2ccccc2s1. The third-order valence-corrected chi connectivity index (χ3v) is 9.67. The summed E-state index contributed by atoms with van der Waals surface area (Å²) in [5, 5.41) is 1.17. The van der Waals surface area contributed by atoms with Gasteiger partial charge in [-0.25, -0.2) is 13.4 Å². The molecule has 2 saturated heterocycles. The summed E-state index contributed by atoms with van der Waals surface area (Å²) in [6, 6.07) is 14.0. The Hall–Kier alpha value is -2.04. The van der Waals surface area contributed by atoms with Crippen molar-refractivity contribution in [3.05, 3.63) is 53.6 Å². The first-order chi connectivity index (χ1) is 16.4. The van der Waals surface area contributed by atoms with Crippen LogP contribution < -0.4 is 4.90 Å². The largest absolute Gasteiger partial charge is 0.376 e. The monoisotopic (exact) mass is 519 g/mol. The van der Waals surface area contributed by atoms with Gasteiger partial charge in [0.1, 0.15) is 0 Å². The zero-order valence-electron chi connectivity index (χ0n) is 18.6. The van der Waals surface area contributed by atoms with E-state index in [1.807, 2.05) is 24.3 Å². The number of carbonyl (C=O) groups excluding carboxylic acids is 1. The van der Waals surface area contributed by atoms with Crippen molar-refractivity contribution in [2.45, 2.75) is 36.7 Å². The zero-order valence-corrected chi connectivity index (χ0v) is 21.0. The average Bonchev–Trinajstić information content (AvgIpc) is 3.52. The molecular weight excluding hydrogens is 494 g/mol. The number of nitrogens with zero attached hydrogens (tertiary/aromatic N) is 3. The number of rotatable bonds is 6. The number of fused-ring (bicyclic) bond motifs is 1. The van der Waals surface area contributed by atoms with Crippen LogP contribution in [0.3, 0.4) is 0 Å². The van der Waals surface area contributed by atoms with Crippen LogP contribution >= 0.6 is 22.9 Å². The number of para-hydroxylation sites is 1. The fourth-order valence-corrected chi connectivity index (χ4v) is 7.12. The quantitative estimate of drug-likeness (QED) is 0.477. The van der Waals surface area contributed by atoms with Gasteiger partial charge in [0.2, 0.25) is 15.9 Å². The number of sulfonamides is 1. The highest BCUT2D eigenvalue weighted by Gasteiger charge is 2.36. The van der Waals surface area contributed by atoms with Crippen molar-refractivity contribution < 1.29 is 17.9 Å². The molecule has 0 bridgehead atoms. The highest BCUT2D eigenvalue weighted by atomic mass is 35.5. The van der Waals surface area contributed by atoms with E-state index in [2.05, 4.69) is 0 Å². The molecule has 2 aromatic carbocycles. The molecule has 0 N–H and O–H groups in total. The molecule has 0 saturated carbocycles. The molecule has 0 spiro atoms. The third-order valence-electron chi connectivity index (χ3n) is 6.44. The van der Waals surface area contributed by atoms with E-state index in [-0.39, 0.29) is 22.8 Å². The highest BCUT2D eigenvalue weighted by molar-refractivity contribution is 7.89. The molecule has 0 aliphatic carbocycles. The number of halogens is 1. The number of piperidine rings is 1. The van der Waals surface area contributed by atoms with Crippen LogP contribution in [-0.4, -0.2) is 56.0 Å².